The third-order valence-electron chi connectivity index (χ3n) is 5.03. The van der Waals surface area contributed by atoms with E-state index in [-0.39, 0.29) is 30.4 Å². The van der Waals surface area contributed by atoms with E-state index in [1.807, 2.05) is 43.3 Å². The topological polar surface area (TPSA) is 62.5 Å². The predicted octanol–water partition coefficient (Wildman–Crippen LogP) is 3.60. The zero-order valence-electron chi connectivity index (χ0n) is 16.1. The van der Waals surface area contributed by atoms with E-state index < -0.39 is 11.6 Å². The number of carbonyl (C=O) groups is 1. The van der Waals surface area contributed by atoms with Crippen LogP contribution in [-0.4, -0.2) is 41.6 Å². The highest BCUT2D eigenvalue weighted by atomic mass is 19.1. The van der Waals surface area contributed by atoms with Gasteiger partial charge >= 0.3 is 0 Å². The van der Waals surface area contributed by atoms with Crippen LogP contribution in [0, 0.1) is 11.6 Å². The van der Waals surface area contributed by atoms with E-state index in [0.717, 1.165) is 17.3 Å². The number of carbonyl (C=O) groups excluding carboxylic acids is 1. The Labute approximate surface area is 166 Å². The zero-order valence-corrected chi connectivity index (χ0v) is 16.1. The molecule has 0 spiro atoms. The molecule has 1 saturated heterocycles. The lowest BCUT2D eigenvalue weighted by Crippen LogP contribution is -2.25. The Morgan fingerprint density at radius 3 is 2.62 bits per heavy atom. The second kappa shape index (κ2) is 7.62. The van der Waals surface area contributed by atoms with Gasteiger partial charge in [-0.1, -0.05) is 11.2 Å². The fourth-order valence-corrected chi connectivity index (χ4v) is 3.37. The van der Waals surface area contributed by atoms with Crippen LogP contribution in [0.1, 0.15) is 23.7 Å². The minimum absolute atomic E-state index is 0.0815. The van der Waals surface area contributed by atoms with Gasteiger partial charge in [0.25, 0.3) is 5.89 Å². The number of amides is 1. The number of aromatic nitrogens is 2. The molecule has 6 nitrogen and oxygen atoms in total. The van der Waals surface area contributed by atoms with Gasteiger partial charge in [0.1, 0.15) is 11.6 Å². The molecule has 2 aromatic carbocycles. The van der Waals surface area contributed by atoms with Gasteiger partial charge in [0.15, 0.2) is 5.82 Å². The highest BCUT2D eigenvalue weighted by Crippen LogP contribution is 2.30. The van der Waals surface area contributed by atoms with Gasteiger partial charge in [0.05, 0.1) is 0 Å². The summed E-state index contributed by atoms with van der Waals surface area (Å²) in [7, 11) is 3.92. The Bertz CT molecular complexity index is 1030. The summed E-state index contributed by atoms with van der Waals surface area (Å²) in [6.07, 6.45) is 0.224. The van der Waals surface area contributed by atoms with E-state index >= 15 is 0 Å². The Hall–Kier alpha value is -3.29. The molecule has 1 aliphatic rings. The van der Waals surface area contributed by atoms with Gasteiger partial charge in [-0.25, -0.2) is 8.78 Å². The van der Waals surface area contributed by atoms with Gasteiger partial charge in [0, 0.05) is 62.4 Å². The SMILES string of the molecule is CN(C)c1ccc(-c2nc(C3CC(=O)N(Cc4ccc(F)cc4F)C3)no2)cc1. The first-order chi connectivity index (χ1) is 13.9. The van der Waals surface area contributed by atoms with Crippen LogP contribution in [0.4, 0.5) is 14.5 Å². The van der Waals surface area contributed by atoms with Crippen molar-refractivity contribution in [3.63, 3.8) is 0 Å². The van der Waals surface area contributed by atoms with Crippen LogP contribution >= 0.6 is 0 Å². The van der Waals surface area contributed by atoms with Crippen molar-refractivity contribution in [3.05, 3.63) is 65.5 Å². The Morgan fingerprint density at radius 1 is 1.17 bits per heavy atom. The van der Waals surface area contributed by atoms with Crippen molar-refractivity contribution in [3.8, 4) is 11.5 Å². The van der Waals surface area contributed by atoms with Crippen LogP contribution in [-0.2, 0) is 11.3 Å². The largest absolute Gasteiger partial charge is 0.378 e. The molecule has 0 N–H and O–H groups in total. The van der Waals surface area contributed by atoms with Crippen LogP contribution in [0.15, 0.2) is 47.0 Å². The van der Waals surface area contributed by atoms with Gasteiger partial charge in [-0.05, 0) is 30.3 Å². The van der Waals surface area contributed by atoms with Crippen molar-refractivity contribution in [1.29, 1.82) is 0 Å². The number of halogens is 2. The van der Waals surface area contributed by atoms with E-state index in [0.29, 0.717) is 18.3 Å². The van der Waals surface area contributed by atoms with E-state index in [1.54, 1.807) is 0 Å². The fraction of sp³-hybridized carbons (Fsp3) is 0.286. The molecule has 150 valence electrons. The van der Waals surface area contributed by atoms with Crippen LogP contribution in [0.25, 0.3) is 11.5 Å². The number of hydrogen-bond donors (Lipinski definition) is 0. The van der Waals surface area contributed by atoms with Crippen molar-refractivity contribution in [2.45, 2.75) is 18.9 Å². The van der Waals surface area contributed by atoms with Gasteiger partial charge in [-0.2, -0.15) is 4.98 Å². The van der Waals surface area contributed by atoms with Crippen LogP contribution in [0.3, 0.4) is 0 Å². The van der Waals surface area contributed by atoms with Gasteiger partial charge < -0.3 is 14.3 Å². The molecule has 2 heterocycles. The van der Waals surface area contributed by atoms with Crippen molar-refractivity contribution in [2.24, 2.45) is 0 Å². The molecule has 29 heavy (non-hydrogen) atoms. The van der Waals surface area contributed by atoms with Crippen molar-refractivity contribution >= 4 is 11.6 Å². The third-order valence-corrected chi connectivity index (χ3v) is 5.03. The van der Waals surface area contributed by atoms with Gasteiger partial charge in [-0.15, -0.1) is 0 Å². The summed E-state index contributed by atoms with van der Waals surface area (Å²) < 4.78 is 32.4. The quantitative estimate of drug-likeness (QED) is 0.657. The van der Waals surface area contributed by atoms with Crippen LogP contribution in [0.2, 0.25) is 0 Å². The number of nitrogens with zero attached hydrogens (tertiary/aromatic N) is 4. The smallest absolute Gasteiger partial charge is 0.257 e. The minimum atomic E-state index is -0.663. The maximum Gasteiger partial charge on any atom is 0.257 e. The number of rotatable bonds is 5. The molecule has 1 unspecified atom stereocenters. The maximum atomic E-state index is 13.9. The molecule has 1 atom stereocenters. The first-order valence-electron chi connectivity index (χ1n) is 9.24. The molecular formula is C21H20F2N4O2. The Kier molecular flexibility index (Phi) is 5.00. The molecule has 1 fully saturated rings. The molecular weight excluding hydrogens is 378 g/mol. The first kappa shape index (κ1) is 19.0. The molecule has 0 saturated carbocycles. The monoisotopic (exact) mass is 398 g/mol. The summed E-state index contributed by atoms with van der Waals surface area (Å²) in [4.78, 5) is 20.3. The number of anilines is 1. The molecule has 0 bridgehead atoms. The summed E-state index contributed by atoms with van der Waals surface area (Å²) in [5, 5.41) is 4.04. The highest BCUT2D eigenvalue weighted by Gasteiger charge is 2.34. The van der Waals surface area contributed by atoms with Gasteiger partial charge in [-0.3, -0.25) is 4.79 Å². The Balaban J connectivity index is 1.46. The lowest BCUT2D eigenvalue weighted by Gasteiger charge is -2.16. The van der Waals surface area contributed by atoms with E-state index in [4.69, 9.17) is 4.52 Å². The normalized spacial score (nSPS) is 16.5. The average molecular weight is 398 g/mol. The summed E-state index contributed by atoms with van der Waals surface area (Å²) in [5.74, 6) is -0.822. The maximum absolute atomic E-state index is 13.9. The van der Waals surface area contributed by atoms with E-state index in [2.05, 4.69) is 10.1 Å². The van der Waals surface area contributed by atoms with Gasteiger partial charge in [0.2, 0.25) is 5.91 Å². The first-order valence-corrected chi connectivity index (χ1v) is 9.24. The molecule has 1 aromatic heterocycles. The third kappa shape index (κ3) is 3.96. The summed E-state index contributed by atoms with van der Waals surface area (Å²) in [5.41, 5.74) is 2.12. The average Bonchev–Trinajstić information content (AvgIpc) is 3.31. The lowest BCUT2D eigenvalue weighted by atomic mass is 10.1. The zero-order chi connectivity index (χ0) is 20.5. The molecule has 1 amide bonds. The fourth-order valence-electron chi connectivity index (χ4n) is 3.37. The standard InChI is InChI=1S/C21H20F2N4O2/c1-26(2)17-7-4-13(5-8-17)21-24-20(25-29-21)15-9-19(28)27(12-15)11-14-3-6-16(22)10-18(14)23/h3-8,10,15H,9,11-12H2,1-2H3. The highest BCUT2D eigenvalue weighted by molar-refractivity contribution is 5.79. The molecule has 1 aliphatic heterocycles. The van der Waals surface area contributed by atoms with E-state index in [9.17, 15) is 13.6 Å². The molecule has 3 aromatic rings. The second-order valence-corrected chi connectivity index (χ2v) is 7.31. The summed E-state index contributed by atoms with van der Waals surface area (Å²) >= 11 is 0. The van der Waals surface area contributed by atoms with Crippen molar-refractivity contribution in [1.82, 2.24) is 15.0 Å². The number of hydrogen-bond acceptors (Lipinski definition) is 5. The molecule has 8 heteroatoms. The summed E-state index contributed by atoms with van der Waals surface area (Å²) in [6, 6.07) is 11.1. The van der Waals surface area contributed by atoms with E-state index in [1.165, 1.54) is 17.0 Å². The minimum Gasteiger partial charge on any atom is -0.378 e. The summed E-state index contributed by atoms with van der Waals surface area (Å²) in [6.45, 7) is 0.437. The molecule has 4 rings (SSSR count). The van der Waals surface area contributed by atoms with Crippen LogP contribution < -0.4 is 4.90 Å². The molecule has 0 aliphatic carbocycles. The number of benzene rings is 2. The lowest BCUT2D eigenvalue weighted by molar-refractivity contribution is -0.128. The van der Waals surface area contributed by atoms with Crippen LogP contribution in [0.5, 0.6) is 0 Å². The second-order valence-electron chi connectivity index (χ2n) is 7.31. The molecule has 0 radical (unpaired) electrons. The number of likely N-dealkylation sites (tertiary alicyclic amines) is 1. The van der Waals surface area contributed by atoms with Crippen molar-refractivity contribution < 1.29 is 18.1 Å². The van der Waals surface area contributed by atoms with Crippen molar-refractivity contribution in [2.75, 3.05) is 25.5 Å². The predicted molar refractivity (Wildman–Crippen MR) is 103 cm³/mol. The Morgan fingerprint density at radius 2 is 1.93 bits per heavy atom.